The van der Waals surface area contributed by atoms with Crippen molar-refractivity contribution in [2.75, 3.05) is 7.11 Å². The summed E-state index contributed by atoms with van der Waals surface area (Å²) >= 11 is 0. The van der Waals surface area contributed by atoms with E-state index < -0.39 is 50.5 Å². The molecule has 2 unspecified atom stereocenters. The van der Waals surface area contributed by atoms with Crippen LogP contribution in [0.1, 0.15) is 93.4 Å². The molecule has 3 fully saturated rings. The first-order valence-corrected chi connectivity index (χ1v) is 14.4. The summed E-state index contributed by atoms with van der Waals surface area (Å²) in [5.41, 5.74) is -4.04. The largest absolute Gasteiger partial charge is 0.469 e. The minimum absolute atomic E-state index is 0.0204. The summed E-state index contributed by atoms with van der Waals surface area (Å²) in [6.45, 7) is 13.6. The van der Waals surface area contributed by atoms with Gasteiger partial charge in [-0.15, -0.1) is 0 Å². The molecule has 0 aliphatic heterocycles. The van der Waals surface area contributed by atoms with E-state index in [0.717, 1.165) is 37.3 Å². The Morgan fingerprint density at radius 3 is 2.15 bits per heavy atom. The number of hydrogen-bond acceptors (Lipinski definition) is 4. The summed E-state index contributed by atoms with van der Waals surface area (Å²) < 4.78 is 47.8. The Balaban J connectivity index is 1.68. The normalized spacial score (nSPS) is 47.1. The van der Waals surface area contributed by atoms with E-state index >= 15 is 0 Å². The minimum Gasteiger partial charge on any atom is -0.469 e. The van der Waals surface area contributed by atoms with Crippen molar-refractivity contribution in [3.8, 4) is 0 Å². The number of ether oxygens (including phenoxy) is 1. The number of rotatable bonds is 1. The van der Waals surface area contributed by atoms with Gasteiger partial charge in [-0.1, -0.05) is 53.2 Å². The van der Waals surface area contributed by atoms with Crippen molar-refractivity contribution in [2.24, 2.45) is 50.2 Å². The fourth-order valence-corrected chi connectivity index (χ4v) is 10.3. The molecule has 39 heavy (non-hydrogen) atoms. The number of carbonyl (C=O) groups is 3. The Morgan fingerprint density at radius 1 is 0.949 bits per heavy atom. The van der Waals surface area contributed by atoms with Crippen LogP contribution >= 0.6 is 0 Å². The van der Waals surface area contributed by atoms with Gasteiger partial charge in [-0.05, 0) is 86.0 Å². The lowest BCUT2D eigenvalue weighted by atomic mass is 9.34. The van der Waals surface area contributed by atoms with Crippen molar-refractivity contribution >= 4 is 17.5 Å². The van der Waals surface area contributed by atoms with Gasteiger partial charge in [-0.2, -0.15) is 13.2 Å². The molecule has 5 aliphatic rings. The molecule has 0 N–H and O–H groups in total. The molecule has 0 amide bonds. The molecule has 0 aromatic rings. The Bertz CT molecular complexity index is 1210. The zero-order valence-corrected chi connectivity index (χ0v) is 24.6. The lowest BCUT2D eigenvalue weighted by Crippen LogP contribution is -2.66. The summed E-state index contributed by atoms with van der Waals surface area (Å²) in [5, 5.41) is 0. The second kappa shape index (κ2) is 8.09. The second-order valence-electron chi connectivity index (χ2n) is 15.2. The van der Waals surface area contributed by atoms with Gasteiger partial charge in [0, 0.05) is 16.7 Å². The van der Waals surface area contributed by atoms with Crippen LogP contribution in [0.15, 0.2) is 23.3 Å². The van der Waals surface area contributed by atoms with Gasteiger partial charge in [0.25, 0.3) is 0 Å². The van der Waals surface area contributed by atoms with Crippen LogP contribution in [0, 0.1) is 50.2 Å². The number of allylic oxidation sites excluding steroid dienone is 4. The van der Waals surface area contributed by atoms with Gasteiger partial charge in [-0.25, -0.2) is 0 Å². The number of carbonyl (C=O) groups excluding carboxylic acids is 3. The van der Waals surface area contributed by atoms with Crippen LogP contribution in [0.25, 0.3) is 0 Å². The molecule has 0 spiro atoms. The van der Waals surface area contributed by atoms with E-state index in [-0.39, 0.29) is 29.0 Å². The van der Waals surface area contributed by atoms with Crippen LogP contribution in [0.5, 0.6) is 0 Å². The number of esters is 1. The van der Waals surface area contributed by atoms with Crippen molar-refractivity contribution in [1.82, 2.24) is 0 Å². The molecule has 3 saturated carbocycles. The fraction of sp³-hybridized carbons (Fsp3) is 0.781. The van der Waals surface area contributed by atoms with E-state index in [0.29, 0.717) is 19.3 Å². The van der Waals surface area contributed by atoms with Crippen LogP contribution < -0.4 is 0 Å². The average Bonchev–Trinajstić information content (AvgIpc) is 2.82. The van der Waals surface area contributed by atoms with E-state index in [1.54, 1.807) is 26.8 Å². The molecule has 0 aromatic carbocycles. The van der Waals surface area contributed by atoms with Gasteiger partial charge in [0.15, 0.2) is 11.6 Å². The number of fused-ring (bicyclic) bond motifs is 7. The highest BCUT2D eigenvalue weighted by molar-refractivity contribution is 6.03. The number of alkyl halides is 3. The first-order chi connectivity index (χ1) is 17.7. The molecule has 5 aliphatic carbocycles. The molecule has 0 bridgehead atoms. The number of halogens is 3. The molecule has 0 saturated heterocycles. The van der Waals surface area contributed by atoms with Crippen molar-refractivity contribution in [1.29, 1.82) is 0 Å². The maximum Gasteiger partial charge on any atom is 0.419 e. The Kier molecular flexibility index (Phi) is 5.93. The van der Waals surface area contributed by atoms with Crippen LogP contribution in [-0.2, 0) is 19.1 Å². The highest BCUT2D eigenvalue weighted by Gasteiger charge is 2.71. The molecule has 5 rings (SSSR count). The van der Waals surface area contributed by atoms with E-state index in [4.69, 9.17) is 4.74 Å². The van der Waals surface area contributed by atoms with Crippen LogP contribution in [0.4, 0.5) is 13.2 Å². The zero-order valence-electron chi connectivity index (χ0n) is 24.6. The molecule has 216 valence electrons. The van der Waals surface area contributed by atoms with Gasteiger partial charge in [0.2, 0.25) is 0 Å². The SMILES string of the molecule is COC(=O)C1(C)CC[C@]2(C)CC[C@]3(C)C(=CC(=O)[C@@H]4[C@@]5(C)C=C(C(F)(F)F)C(=O)C(C)(C)C5CC[C@]43C)[C@@H]2C1. The predicted molar refractivity (Wildman–Crippen MR) is 141 cm³/mol. The predicted octanol–water partition coefficient (Wildman–Crippen LogP) is 7.42. The standard InChI is InChI=1S/C32H43F3O4/c1-26(2)22-9-10-31(7)23(29(22,5)17-20(24(26)37)32(33,34)35)21(36)15-18-19-16-28(4,25(38)39-8)12-11-27(19,3)13-14-30(18,31)6/h15,17,19,22-23H,9-14,16H2,1-8H3/t19-,22?,23+,27+,28?,29-,30+,31+/m0/s1. The van der Waals surface area contributed by atoms with Crippen LogP contribution in [0.3, 0.4) is 0 Å². The number of ketones is 2. The number of hydrogen-bond donors (Lipinski definition) is 0. The molecule has 7 heteroatoms. The first kappa shape index (κ1) is 28.6. The summed E-state index contributed by atoms with van der Waals surface area (Å²) in [6.07, 6.45) is 3.36. The summed E-state index contributed by atoms with van der Waals surface area (Å²) in [5.74, 6) is -2.24. The first-order valence-electron chi connectivity index (χ1n) is 14.4. The number of Topliss-reactive ketones (excluding diaryl/α,β-unsaturated/α-hetero) is 1. The molecule has 8 atom stereocenters. The van der Waals surface area contributed by atoms with Gasteiger partial charge in [0.1, 0.15) is 0 Å². The quantitative estimate of drug-likeness (QED) is 0.320. The van der Waals surface area contributed by atoms with Gasteiger partial charge in [-0.3, -0.25) is 14.4 Å². The fourth-order valence-electron chi connectivity index (χ4n) is 10.3. The monoisotopic (exact) mass is 548 g/mol. The highest BCUT2D eigenvalue weighted by atomic mass is 19.4. The van der Waals surface area contributed by atoms with Crippen molar-refractivity contribution in [2.45, 2.75) is 99.6 Å². The molecular formula is C32H43F3O4. The third-order valence-electron chi connectivity index (χ3n) is 12.9. The molecular weight excluding hydrogens is 505 g/mol. The molecule has 0 aromatic heterocycles. The van der Waals surface area contributed by atoms with Crippen molar-refractivity contribution in [3.63, 3.8) is 0 Å². The smallest absolute Gasteiger partial charge is 0.419 e. The van der Waals surface area contributed by atoms with E-state index in [1.807, 2.05) is 6.92 Å². The zero-order chi connectivity index (χ0) is 29.2. The van der Waals surface area contributed by atoms with E-state index in [1.165, 1.54) is 7.11 Å². The highest BCUT2D eigenvalue weighted by Crippen LogP contribution is 2.74. The maximum absolute atomic E-state index is 14.3. The lowest BCUT2D eigenvalue weighted by molar-refractivity contribution is -0.177. The van der Waals surface area contributed by atoms with E-state index in [2.05, 4.69) is 20.8 Å². The third kappa shape index (κ3) is 3.52. The van der Waals surface area contributed by atoms with Gasteiger partial charge < -0.3 is 4.74 Å². The van der Waals surface area contributed by atoms with Gasteiger partial charge in [0.05, 0.1) is 18.1 Å². The Morgan fingerprint density at radius 2 is 1.56 bits per heavy atom. The number of methoxy groups -OCH3 is 1. The average molecular weight is 549 g/mol. The second-order valence-corrected chi connectivity index (χ2v) is 15.2. The molecule has 4 nitrogen and oxygen atoms in total. The minimum atomic E-state index is -4.77. The summed E-state index contributed by atoms with van der Waals surface area (Å²) in [4.78, 5) is 40.2. The third-order valence-corrected chi connectivity index (χ3v) is 12.9. The van der Waals surface area contributed by atoms with Gasteiger partial charge >= 0.3 is 12.1 Å². The molecule has 0 radical (unpaired) electrons. The molecule has 0 heterocycles. The van der Waals surface area contributed by atoms with Crippen molar-refractivity contribution < 1.29 is 32.3 Å². The van der Waals surface area contributed by atoms with Crippen LogP contribution in [-0.4, -0.2) is 30.8 Å². The Hall–Kier alpha value is -1.92. The summed E-state index contributed by atoms with van der Waals surface area (Å²) in [6, 6.07) is 0. The van der Waals surface area contributed by atoms with Crippen LogP contribution in [0.2, 0.25) is 0 Å². The van der Waals surface area contributed by atoms with Crippen molar-refractivity contribution in [3.05, 3.63) is 23.3 Å². The lowest BCUT2D eigenvalue weighted by Gasteiger charge is -2.69. The van der Waals surface area contributed by atoms with E-state index in [9.17, 15) is 27.6 Å². The Labute approximate surface area is 230 Å². The topological polar surface area (TPSA) is 60.4 Å². The summed E-state index contributed by atoms with van der Waals surface area (Å²) in [7, 11) is 1.42. The maximum atomic E-state index is 14.3.